The van der Waals surface area contributed by atoms with E-state index in [0.29, 0.717) is 0 Å². The van der Waals surface area contributed by atoms with Gasteiger partial charge in [-0.2, -0.15) is 0 Å². The Kier molecular flexibility index (Phi) is 3.82. The van der Waals surface area contributed by atoms with Crippen molar-refractivity contribution in [3.05, 3.63) is 101 Å². The van der Waals surface area contributed by atoms with Gasteiger partial charge in [-0.15, -0.1) is 0 Å². The molecule has 1 heterocycles. The molecule has 0 unspecified atom stereocenters. The molecule has 4 aromatic rings. The summed E-state index contributed by atoms with van der Waals surface area (Å²) in [6, 6.07) is 27.9. The molecule has 0 aliphatic rings. The highest BCUT2D eigenvalue weighted by Crippen LogP contribution is 2.31. The predicted molar refractivity (Wildman–Crippen MR) is 102 cm³/mol. The van der Waals surface area contributed by atoms with Gasteiger partial charge in [0.15, 0.2) is 0 Å². The summed E-state index contributed by atoms with van der Waals surface area (Å²) in [5, 5.41) is 0. The minimum Gasteiger partial charge on any atom is -0.305 e. The minimum atomic E-state index is -0.138. The van der Waals surface area contributed by atoms with Crippen LogP contribution in [0, 0.1) is 6.92 Å². The summed E-state index contributed by atoms with van der Waals surface area (Å²) < 4.78 is 1.74. The van der Waals surface area contributed by atoms with Crippen LogP contribution in [-0.4, -0.2) is 9.55 Å². The van der Waals surface area contributed by atoms with Gasteiger partial charge < -0.3 is 4.98 Å². The number of imidazole rings is 1. The topological polar surface area (TPSA) is 37.8 Å². The Morgan fingerprint density at radius 1 is 0.720 bits per heavy atom. The molecule has 0 bridgehead atoms. The Labute approximate surface area is 146 Å². The first-order valence-electron chi connectivity index (χ1n) is 8.27. The molecule has 1 aromatic heterocycles. The molecule has 3 aromatic carbocycles. The van der Waals surface area contributed by atoms with Gasteiger partial charge in [-0.25, -0.2) is 4.79 Å². The number of hydrogen-bond acceptors (Lipinski definition) is 1. The Bertz CT molecular complexity index is 1040. The summed E-state index contributed by atoms with van der Waals surface area (Å²) in [5.74, 6) is 0. The zero-order valence-corrected chi connectivity index (χ0v) is 13.9. The molecule has 0 saturated heterocycles. The zero-order chi connectivity index (χ0) is 17.2. The molecular weight excluding hydrogens is 308 g/mol. The fourth-order valence-corrected chi connectivity index (χ4v) is 3.06. The van der Waals surface area contributed by atoms with E-state index in [4.69, 9.17) is 0 Å². The predicted octanol–water partition coefficient (Wildman–Crippen LogP) is 4.81. The number of benzene rings is 3. The van der Waals surface area contributed by atoms with Crippen molar-refractivity contribution in [3.8, 4) is 28.2 Å². The minimum absolute atomic E-state index is 0.138. The Morgan fingerprint density at radius 2 is 1.32 bits per heavy atom. The molecule has 25 heavy (non-hydrogen) atoms. The molecule has 4 rings (SSSR count). The number of aryl methyl sites for hydroxylation is 1. The van der Waals surface area contributed by atoms with E-state index in [9.17, 15) is 4.79 Å². The van der Waals surface area contributed by atoms with Crippen molar-refractivity contribution in [3.63, 3.8) is 0 Å². The number of aromatic nitrogens is 2. The molecule has 0 spiro atoms. The fourth-order valence-electron chi connectivity index (χ4n) is 3.06. The Hall–Kier alpha value is -3.33. The molecule has 0 atom stereocenters. The lowest BCUT2D eigenvalue weighted by Crippen LogP contribution is -2.15. The number of para-hydroxylation sites is 1. The molecular formula is C22H18N2O. The van der Waals surface area contributed by atoms with Gasteiger partial charge in [0.05, 0.1) is 17.1 Å². The summed E-state index contributed by atoms with van der Waals surface area (Å²) in [6.07, 6.45) is 0. The van der Waals surface area contributed by atoms with Crippen molar-refractivity contribution >= 4 is 0 Å². The molecule has 122 valence electrons. The quantitative estimate of drug-likeness (QED) is 0.576. The van der Waals surface area contributed by atoms with Gasteiger partial charge in [-0.3, -0.25) is 4.57 Å². The van der Waals surface area contributed by atoms with Gasteiger partial charge in [-0.1, -0.05) is 78.4 Å². The maximum absolute atomic E-state index is 12.8. The number of rotatable bonds is 3. The van der Waals surface area contributed by atoms with E-state index in [1.165, 1.54) is 5.56 Å². The second-order valence-electron chi connectivity index (χ2n) is 6.06. The van der Waals surface area contributed by atoms with Gasteiger partial charge in [0.2, 0.25) is 0 Å². The number of nitrogens with zero attached hydrogens (tertiary/aromatic N) is 1. The van der Waals surface area contributed by atoms with Crippen LogP contribution < -0.4 is 5.69 Å². The third-order valence-electron chi connectivity index (χ3n) is 4.30. The van der Waals surface area contributed by atoms with Crippen molar-refractivity contribution < 1.29 is 0 Å². The second-order valence-corrected chi connectivity index (χ2v) is 6.06. The van der Waals surface area contributed by atoms with E-state index in [1.54, 1.807) is 4.57 Å². The van der Waals surface area contributed by atoms with Gasteiger partial charge in [0.1, 0.15) is 0 Å². The molecule has 0 fully saturated rings. The third kappa shape index (κ3) is 2.81. The number of nitrogens with one attached hydrogen (secondary N) is 1. The standard InChI is InChI=1S/C22H18N2O/c1-16-12-14-18(15-13-16)21-20(17-8-4-2-5-9-17)23-22(25)24(21)19-10-6-3-7-11-19/h2-15H,1H3,(H,23,25). The monoisotopic (exact) mass is 326 g/mol. The highest BCUT2D eigenvalue weighted by Gasteiger charge is 2.18. The highest BCUT2D eigenvalue weighted by atomic mass is 16.1. The van der Waals surface area contributed by atoms with Crippen LogP contribution in [0.5, 0.6) is 0 Å². The number of hydrogen-bond donors (Lipinski definition) is 1. The van der Waals surface area contributed by atoms with E-state index in [0.717, 1.165) is 28.2 Å². The van der Waals surface area contributed by atoms with Crippen molar-refractivity contribution in [2.24, 2.45) is 0 Å². The van der Waals surface area contributed by atoms with Gasteiger partial charge >= 0.3 is 5.69 Å². The lowest BCUT2D eigenvalue weighted by molar-refractivity contribution is 0.993. The Balaban J connectivity index is 2.04. The third-order valence-corrected chi connectivity index (χ3v) is 4.30. The molecule has 0 saturated carbocycles. The SMILES string of the molecule is Cc1ccc(-c2c(-c3ccccc3)[nH]c(=O)n2-c2ccccc2)cc1. The van der Waals surface area contributed by atoms with E-state index >= 15 is 0 Å². The lowest BCUT2D eigenvalue weighted by Gasteiger charge is -2.10. The molecule has 1 N–H and O–H groups in total. The van der Waals surface area contributed by atoms with Crippen LogP contribution in [0.3, 0.4) is 0 Å². The smallest absolute Gasteiger partial charge is 0.305 e. The van der Waals surface area contributed by atoms with Crippen LogP contribution >= 0.6 is 0 Å². The summed E-state index contributed by atoms with van der Waals surface area (Å²) in [5.41, 5.74) is 5.61. The molecule has 0 radical (unpaired) electrons. The van der Waals surface area contributed by atoms with Crippen LogP contribution in [0.2, 0.25) is 0 Å². The largest absolute Gasteiger partial charge is 0.331 e. The summed E-state index contributed by atoms with van der Waals surface area (Å²) >= 11 is 0. The average molecular weight is 326 g/mol. The maximum atomic E-state index is 12.8. The van der Waals surface area contributed by atoms with E-state index < -0.39 is 0 Å². The van der Waals surface area contributed by atoms with Crippen LogP contribution in [-0.2, 0) is 0 Å². The van der Waals surface area contributed by atoms with Crippen LogP contribution in [0.4, 0.5) is 0 Å². The molecule has 3 nitrogen and oxygen atoms in total. The number of aromatic amines is 1. The zero-order valence-electron chi connectivity index (χ0n) is 13.9. The van der Waals surface area contributed by atoms with Crippen LogP contribution in [0.15, 0.2) is 89.7 Å². The van der Waals surface area contributed by atoms with Gasteiger partial charge in [0, 0.05) is 11.1 Å². The van der Waals surface area contributed by atoms with Crippen LogP contribution in [0.25, 0.3) is 28.2 Å². The van der Waals surface area contributed by atoms with Crippen molar-refractivity contribution in [2.75, 3.05) is 0 Å². The molecule has 0 amide bonds. The fraction of sp³-hybridized carbons (Fsp3) is 0.0455. The van der Waals surface area contributed by atoms with Gasteiger partial charge in [-0.05, 0) is 19.1 Å². The first-order valence-corrected chi connectivity index (χ1v) is 8.27. The van der Waals surface area contributed by atoms with E-state index in [1.807, 2.05) is 60.7 Å². The molecule has 3 heteroatoms. The molecule has 0 aliphatic heterocycles. The maximum Gasteiger partial charge on any atom is 0.331 e. The lowest BCUT2D eigenvalue weighted by atomic mass is 10.0. The van der Waals surface area contributed by atoms with Crippen molar-refractivity contribution in [2.45, 2.75) is 6.92 Å². The van der Waals surface area contributed by atoms with Crippen LogP contribution in [0.1, 0.15) is 5.56 Å². The molecule has 0 aliphatic carbocycles. The summed E-state index contributed by atoms with van der Waals surface area (Å²) in [7, 11) is 0. The average Bonchev–Trinajstić information content (AvgIpc) is 3.01. The summed E-state index contributed by atoms with van der Waals surface area (Å²) in [4.78, 5) is 15.8. The van der Waals surface area contributed by atoms with E-state index in [2.05, 4.69) is 36.2 Å². The highest BCUT2D eigenvalue weighted by molar-refractivity contribution is 5.80. The van der Waals surface area contributed by atoms with Gasteiger partial charge in [0.25, 0.3) is 0 Å². The van der Waals surface area contributed by atoms with Crippen molar-refractivity contribution in [1.29, 1.82) is 0 Å². The summed E-state index contributed by atoms with van der Waals surface area (Å²) in [6.45, 7) is 2.06. The normalized spacial score (nSPS) is 10.8. The first kappa shape index (κ1) is 15.2. The first-order chi connectivity index (χ1) is 12.2. The second kappa shape index (κ2) is 6.29. The number of H-pyrrole nitrogens is 1. The Morgan fingerprint density at radius 3 is 1.96 bits per heavy atom. The van der Waals surface area contributed by atoms with E-state index in [-0.39, 0.29) is 5.69 Å². The van der Waals surface area contributed by atoms with Crippen molar-refractivity contribution in [1.82, 2.24) is 9.55 Å².